The number of ether oxygens (including phenoxy) is 9. The zero-order valence-corrected chi connectivity index (χ0v) is 40.0. The maximum absolute atomic E-state index is 13.5. The van der Waals surface area contributed by atoms with Gasteiger partial charge in [0.15, 0.2) is 0 Å². The van der Waals surface area contributed by atoms with Gasteiger partial charge in [0.25, 0.3) is 0 Å². The third-order valence-electron chi connectivity index (χ3n) is 10.5. The van der Waals surface area contributed by atoms with Crippen LogP contribution in [0.1, 0.15) is 56.1 Å². The Balaban J connectivity index is 1.36. The van der Waals surface area contributed by atoms with Crippen LogP contribution in [0, 0.1) is 0 Å². The number of alkyl carbamates (subject to hydrolysis) is 1. The molecule has 4 amide bonds. The molecular weight excluding hydrogens is 889 g/mol. The van der Waals surface area contributed by atoms with Crippen LogP contribution >= 0.6 is 0 Å². The van der Waals surface area contributed by atoms with Gasteiger partial charge in [-0.15, -0.1) is 0 Å². The molecule has 0 saturated heterocycles. The quantitative estimate of drug-likeness (QED) is 0.0725. The maximum atomic E-state index is 13.5. The molecule has 0 bridgehead atoms. The number of aliphatic carboxylic acids is 1. The summed E-state index contributed by atoms with van der Waals surface area (Å²) in [7, 11) is 3.15. The minimum Gasteiger partial charge on any atom is -0.481 e. The average molecular weight is 961 g/mol. The second-order valence-corrected chi connectivity index (χ2v) is 15.6. The summed E-state index contributed by atoms with van der Waals surface area (Å²) in [5, 5.41) is 11.3. The van der Waals surface area contributed by atoms with E-state index in [-0.39, 0.29) is 143 Å². The van der Waals surface area contributed by atoms with E-state index in [1.807, 2.05) is 43.3 Å². The fourth-order valence-electron chi connectivity index (χ4n) is 6.55. The van der Waals surface area contributed by atoms with E-state index in [1.54, 1.807) is 14.1 Å². The van der Waals surface area contributed by atoms with Crippen LogP contribution in [0.15, 0.2) is 48.5 Å². The van der Waals surface area contributed by atoms with Gasteiger partial charge in [0.2, 0.25) is 17.7 Å². The number of unbranched alkanes of at least 4 members (excludes halogenated alkanes) is 1. The number of fused-ring (bicyclic) bond motifs is 3. The summed E-state index contributed by atoms with van der Waals surface area (Å²) in [5.74, 6) is -2.57. The lowest BCUT2D eigenvalue weighted by Gasteiger charge is -2.27. The topological polar surface area (TPSA) is 227 Å². The Hall–Kier alpha value is -5.22. The minimum atomic E-state index is -0.934. The number of carbonyl (C=O) groups is 6. The Bertz CT molecular complexity index is 1760. The van der Waals surface area contributed by atoms with E-state index in [4.69, 9.17) is 47.7 Å². The molecule has 1 aliphatic rings. The van der Waals surface area contributed by atoms with E-state index < -0.39 is 29.8 Å². The molecule has 0 aromatic heterocycles. The summed E-state index contributed by atoms with van der Waals surface area (Å²) in [6.45, 7) is 5.64. The van der Waals surface area contributed by atoms with Gasteiger partial charge in [-0.1, -0.05) is 61.9 Å². The molecule has 20 nitrogen and oxygen atoms in total. The van der Waals surface area contributed by atoms with Crippen molar-refractivity contribution in [3.05, 3.63) is 59.7 Å². The molecule has 2 aromatic rings. The van der Waals surface area contributed by atoms with Crippen molar-refractivity contribution in [1.82, 2.24) is 20.0 Å². The molecule has 0 radical (unpaired) electrons. The normalized spacial score (nSPS) is 11.7. The Morgan fingerprint density at radius 1 is 0.544 bits per heavy atom. The van der Waals surface area contributed by atoms with Crippen molar-refractivity contribution in [1.29, 1.82) is 0 Å². The second kappa shape index (κ2) is 35.0. The molecule has 380 valence electrons. The number of nitrogens with zero attached hydrogens (tertiary/aromatic N) is 3. The van der Waals surface area contributed by atoms with Gasteiger partial charge in [-0.3, -0.25) is 24.0 Å². The van der Waals surface area contributed by atoms with E-state index in [0.717, 1.165) is 35.1 Å². The van der Waals surface area contributed by atoms with E-state index in [9.17, 15) is 28.8 Å². The number of carboxylic acids is 1. The number of carboxylic acid groups (broad SMARTS) is 1. The summed E-state index contributed by atoms with van der Waals surface area (Å²) >= 11 is 0. The van der Waals surface area contributed by atoms with Crippen molar-refractivity contribution in [2.75, 3.05) is 153 Å². The highest BCUT2D eigenvalue weighted by atomic mass is 16.6. The smallest absolute Gasteiger partial charge is 0.407 e. The van der Waals surface area contributed by atoms with Crippen molar-refractivity contribution >= 4 is 35.8 Å². The molecule has 0 fully saturated rings. The van der Waals surface area contributed by atoms with E-state index in [2.05, 4.69) is 17.4 Å². The summed E-state index contributed by atoms with van der Waals surface area (Å²) in [6.07, 6.45) is 1.19. The number of carbonyl (C=O) groups excluding carboxylic acids is 5. The lowest BCUT2D eigenvalue weighted by molar-refractivity contribution is -0.145. The van der Waals surface area contributed by atoms with Crippen molar-refractivity contribution < 1.29 is 76.5 Å². The highest BCUT2D eigenvalue weighted by molar-refractivity contribution is 5.89. The fourth-order valence-corrected chi connectivity index (χ4v) is 6.55. The summed E-state index contributed by atoms with van der Waals surface area (Å²) in [6, 6.07) is 16.1. The van der Waals surface area contributed by atoms with Crippen LogP contribution in [-0.4, -0.2) is 208 Å². The number of benzene rings is 2. The Morgan fingerprint density at radius 3 is 1.51 bits per heavy atom. The van der Waals surface area contributed by atoms with Gasteiger partial charge in [-0.25, -0.2) is 4.79 Å². The zero-order chi connectivity index (χ0) is 49.2. The molecule has 1 aliphatic carbocycles. The summed E-state index contributed by atoms with van der Waals surface area (Å²) in [4.78, 5) is 78.7. The second-order valence-electron chi connectivity index (χ2n) is 15.6. The Labute approximate surface area is 399 Å². The van der Waals surface area contributed by atoms with Crippen molar-refractivity contribution in [3.63, 3.8) is 0 Å². The number of nitrogens with one attached hydrogen (secondary N) is 1. The van der Waals surface area contributed by atoms with Gasteiger partial charge in [-0.05, 0) is 28.7 Å². The van der Waals surface area contributed by atoms with Crippen LogP contribution in [0.5, 0.6) is 0 Å². The SMILES string of the molecule is CCCCOC(=O)CCOCCOCCOCCN(C)C(=O)CN(CC(=O)N(C)CCOCCOCCOCCC(=O)O)C(=O)CCOCCNC(=O)OCC1c2ccccc2-c2ccccc21. The molecule has 0 spiro atoms. The van der Waals surface area contributed by atoms with Crippen molar-refractivity contribution in [3.8, 4) is 11.1 Å². The lowest BCUT2D eigenvalue weighted by Crippen LogP contribution is -2.47. The van der Waals surface area contributed by atoms with Gasteiger partial charge in [0.1, 0.15) is 19.7 Å². The first-order valence-electron chi connectivity index (χ1n) is 23.3. The number of hydrogen-bond donors (Lipinski definition) is 2. The first-order valence-corrected chi connectivity index (χ1v) is 23.3. The molecule has 0 atom stereocenters. The number of amides is 4. The van der Waals surface area contributed by atoms with Gasteiger partial charge in [0, 0.05) is 39.6 Å². The van der Waals surface area contributed by atoms with Crippen LogP contribution in [0.2, 0.25) is 0 Å². The standard InChI is InChI=1S/C48H72N4O16/c1-4-5-20-67-47(58)16-23-62-28-32-66-34-30-64-26-19-51(3)45(55)36-52(35-44(54)50(2)18-25-63-29-33-65-31-27-61-22-15-46(56)57)43(53)14-21-60-24-17-49-48(59)68-37-42-40-12-8-6-10-38(40)39-11-7-9-13-41(39)42/h6-13,42H,4-5,14-37H2,1-3H3,(H,49,59)(H,56,57). The zero-order valence-electron chi connectivity index (χ0n) is 40.0. The average Bonchev–Trinajstić information content (AvgIpc) is 3.65. The molecule has 3 rings (SSSR count). The molecule has 0 heterocycles. The lowest BCUT2D eigenvalue weighted by atomic mass is 9.98. The first kappa shape index (κ1) is 57.1. The predicted octanol–water partition coefficient (Wildman–Crippen LogP) is 2.98. The highest BCUT2D eigenvalue weighted by Gasteiger charge is 2.29. The minimum absolute atomic E-state index is 0.0179. The van der Waals surface area contributed by atoms with Crippen LogP contribution < -0.4 is 5.32 Å². The monoisotopic (exact) mass is 960 g/mol. The number of rotatable bonds is 39. The van der Waals surface area contributed by atoms with E-state index in [0.29, 0.717) is 26.4 Å². The van der Waals surface area contributed by atoms with Gasteiger partial charge < -0.3 is 67.8 Å². The third-order valence-corrected chi connectivity index (χ3v) is 10.5. The molecule has 0 unspecified atom stereocenters. The molecule has 20 heteroatoms. The first-order chi connectivity index (χ1) is 33.0. The number of hydrogen-bond acceptors (Lipinski definition) is 15. The molecular formula is C48H72N4O16. The number of likely N-dealkylation sites (N-methyl/N-ethyl adjacent to an activating group) is 2. The van der Waals surface area contributed by atoms with E-state index in [1.165, 1.54) is 14.7 Å². The van der Waals surface area contributed by atoms with Crippen molar-refractivity contribution in [2.24, 2.45) is 0 Å². The number of esters is 1. The molecule has 0 aliphatic heterocycles. The van der Waals surface area contributed by atoms with Gasteiger partial charge in [-0.2, -0.15) is 0 Å². The van der Waals surface area contributed by atoms with Crippen LogP contribution in [0.3, 0.4) is 0 Å². The van der Waals surface area contributed by atoms with Crippen molar-refractivity contribution in [2.45, 2.75) is 44.9 Å². The maximum Gasteiger partial charge on any atom is 0.407 e. The van der Waals surface area contributed by atoms with Gasteiger partial charge >= 0.3 is 18.0 Å². The van der Waals surface area contributed by atoms with E-state index >= 15 is 0 Å². The Kier molecular flexibility index (Phi) is 29.4. The van der Waals surface area contributed by atoms with Crippen LogP contribution in [-0.2, 0) is 66.6 Å². The summed E-state index contributed by atoms with van der Waals surface area (Å²) < 4.78 is 48.9. The molecule has 68 heavy (non-hydrogen) atoms. The highest BCUT2D eigenvalue weighted by Crippen LogP contribution is 2.44. The van der Waals surface area contributed by atoms with Gasteiger partial charge in [0.05, 0.1) is 118 Å². The fraction of sp³-hybridized carbons (Fsp3) is 0.625. The Morgan fingerprint density at radius 2 is 1.00 bits per heavy atom. The van der Waals surface area contributed by atoms with Crippen LogP contribution in [0.4, 0.5) is 4.79 Å². The largest absolute Gasteiger partial charge is 0.481 e. The van der Waals surface area contributed by atoms with Crippen LogP contribution in [0.25, 0.3) is 11.1 Å². The molecule has 2 N–H and O–H groups in total. The molecule has 2 aromatic carbocycles. The molecule has 0 saturated carbocycles. The predicted molar refractivity (Wildman–Crippen MR) is 248 cm³/mol. The summed E-state index contributed by atoms with van der Waals surface area (Å²) in [5.41, 5.74) is 4.47. The third kappa shape index (κ3) is 23.7.